The summed E-state index contributed by atoms with van der Waals surface area (Å²) in [7, 11) is -3.77. The molecule has 0 saturated carbocycles. The third-order valence-electron chi connectivity index (χ3n) is 2.20. The number of non-ortho nitro benzene ring substituents is 1. The number of hydrogen-bond acceptors (Lipinski definition) is 5. The summed E-state index contributed by atoms with van der Waals surface area (Å²) >= 11 is 0. The number of hydrazone groups is 1. The van der Waals surface area contributed by atoms with E-state index in [4.69, 9.17) is 0 Å². The molecular formula is C11H15N3O4S. The highest BCUT2D eigenvalue weighted by atomic mass is 32.2. The van der Waals surface area contributed by atoms with Crippen LogP contribution in [0.15, 0.2) is 34.3 Å². The molecule has 0 aliphatic carbocycles. The van der Waals surface area contributed by atoms with Crippen LogP contribution in [0.3, 0.4) is 0 Å². The standard InChI is InChI=1S/C11H15N3O4S/c1-9(2)7-8-12-13-19(17,18)11-5-3-10(4-6-11)14(15)16/h3-6,8-9,13H,7H2,1-2H3. The average Bonchev–Trinajstić information content (AvgIpc) is 2.34. The summed E-state index contributed by atoms with van der Waals surface area (Å²) in [4.78, 5) is 11.8. The first-order valence-electron chi connectivity index (χ1n) is 5.60. The molecule has 0 aliphatic rings. The molecule has 0 spiro atoms. The molecule has 1 aromatic carbocycles. The van der Waals surface area contributed by atoms with E-state index >= 15 is 0 Å². The molecule has 1 rings (SSSR count). The van der Waals surface area contributed by atoms with E-state index in [1.165, 1.54) is 18.3 Å². The van der Waals surface area contributed by atoms with Crippen molar-refractivity contribution in [3.05, 3.63) is 34.4 Å². The van der Waals surface area contributed by atoms with Gasteiger partial charge in [-0.05, 0) is 24.5 Å². The van der Waals surface area contributed by atoms with Crippen LogP contribution in [0.2, 0.25) is 0 Å². The van der Waals surface area contributed by atoms with Crippen molar-refractivity contribution in [3.63, 3.8) is 0 Å². The van der Waals surface area contributed by atoms with Crippen LogP contribution in [0.5, 0.6) is 0 Å². The Morgan fingerprint density at radius 1 is 1.37 bits per heavy atom. The Bertz CT molecular complexity index is 564. The Hall–Kier alpha value is -1.96. The lowest BCUT2D eigenvalue weighted by atomic mass is 10.2. The molecule has 0 amide bonds. The number of hydrogen-bond donors (Lipinski definition) is 1. The van der Waals surface area contributed by atoms with E-state index in [1.807, 2.05) is 13.8 Å². The second kappa shape index (κ2) is 6.28. The molecule has 104 valence electrons. The van der Waals surface area contributed by atoms with E-state index in [2.05, 4.69) is 9.93 Å². The van der Waals surface area contributed by atoms with Gasteiger partial charge in [-0.2, -0.15) is 13.5 Å². The second-order valence-corrected chi connectivity index (χ2v) is 5.95. The molecule has 0 heterocycles. The van der Waals surface area contributed by atoms with Crippen LogP contribution in [-0.2, 0) is 10.0 Å². The third-order valence-corrected chi connectivity index (χ3v) is 3.44. The fourth-order valence-corrected chi connectivity index (χ4v) is 1.98. The van der Waals surface area contributed by atoms with Gasteiger partial charge in [0.05, 0.1) is 9.82 Å². The Balaban J connectivity index is 2.77. The van der Waals surface area contributed by atoms with Gasteiger partial charge in [-0.25, -0.2) is 4.83 Å². The molecule has 19 heavy (non-hydrogen) atoms. The van der Waals surface area contributed by atoms with E-state index in [9.17, 15) is 18.5 Å². The number of rotatable bonds is 6. The van der Waals surface area contributed by atoms with Crippen LogP contribution in [0.1, 0.15) is 20.3 Å². The fraction of sp³-hybridized carbons (Fsp3) is 0.364. The summed E-state index contributed by atoms with van der Waals surface area (Å²) in [5, 5.41) is 14.1. The molecular weight excluding hydrogens is 270 g/mol. The molecule has 0 radical (unpaired) electrons. The lowest BCUT2D eigenvalue weighted by Gasteiger charge is -2.03. The molecule has 7 nitrogen and oxygen atoms in total. The summed E-state index contributed by atoms with van der Waals surface area (Å²) in [5.41, 5.74) is -0.165. The molecule has 1 N–H and O–H groups in total. The van der Waals surface area contributed by atoms with Gasteiger partial charge in [-0.15, -0.1) is 0 Å². The molecule has 8 heteroatoms. The molecule has 0 aromatic heterocycles. The Morgan fingerprint density at radius 2 is 1.95 bits per heavy atom. The third kappa shape index (κ3) is 4.66. The highest BCUT2D eigenvalue weighted by Crippen LogP contribution is 2.15. The van der Waals surface area contributed by atoms with Gasteiger partial charge in [0.25, 0.3) is 15.7 Å². The van der Waals surface area contributed by atoms with Crippen LogP contribution in [0.4, 0.5) is 5.69 Å². The summed E-state index contributed by atoms with van der Waals surface area (Å²) in [6.45, 7) is 3.97. The molecule has 0 bridgehead atoms. The van der Waals surface area contributed by atoms with Crippen molar-refractivity contribution in [1.29, 1.82) is 0 Å². The van der Waals surface area contributed by atoms with Crippen molar-refractivity contribution < 1.29 is 13.3 Å². The molecule has 0 unspecified atom stereocenters. The van der Waals surface area contributed by atoms with E-state index in [0.717, 1.165) is 12.1 Å². The molecule has 0 atom stereocenters. The maximum Gasteiger partial charge on any atom is 0.276 e. The highest BCUT2D eigenvalue weighted by Gasteiger charge is 2.14. The molecule has 1 aromatic rings. The van der Waals surface area contributed by atoms with Gasteiger partial charge < -0.3 is 0 Å². The SMILES string of the molecule is CC(C)CC=NNS(=O)(=O)c1ccc([N+](=O)[O-])cc1. The number of nitro groups is 1. The topological polar surface area (TPSA) is 102 Å². The summed E-state index contributed by atoms with van der Waals surface area (Å²) in [6, 6.07) is 4.59. The summed E-state index contributed by atoms with van der Waals surface area (Å²) < 4.78 is 23.5. The maximum atomic E-state index is 11.8. The predicted molar refractivity (Wildman–Crippen MR) is 71.4 cm³/mol. The molecule has 0 saturated heterocycles. The van der Waals surface area contributed by atoms with Crippen LogP contribution in [-0.4, -0.2) is 19.6 Å². The lowest BCUT2D eigenvalue weighted by molar-refractivity contribution is -0.384. The quantitative estimate of drug-likeness (QED) is 0.490. The number of nitrogens with zero attached hydrogens (tertiary/aromatic N) is 2. The molecule has 0 aliphatic heterocycles. The average molecular weight is 285 g/mol. The van der Waals surface area contributed by atoms with Crippen molar-refractivity contribution >= 4 is 21.9 Å². The van der Waals surface area contributed by atoms with Crippen molar-refractivity contribution in [1.82, 2.24) is 4.83 Å². The van der Waals surface area contributed by atoms with E-state index < -0.39 is 14.9 Å². The normalized spacial score (nSPS) is 11.9. The van der Waals surface area contributed by atoms with Crippen molar-refractivity contribution in [2.24, 2.45) is 11.0 Å². The Morgan fingerprint density at radius 3 is 2.42 bits per heavy atom. The number of nitro benzene ring substituents is 1. The largest absolute Gasteiger partial charge is 0.276 e. The summed E-state index contributed by atoms with van der Waals surface area (Å²) in [5.74, 6) is 0.382. The van der Waals surface area contributed by atoms with Gasteiger partial charge >= 0.3 is 0 Å². The zero-order valence-electron chi connectivity index (χ0n) is 10.6. The smallest absolute Gasteiger partial charge is 0.258 e. The summed E-state index contributed by atoms with van der Waals surface area (Å²) in [6.07, 6.45) is 2.14. The minimum atomic E-state index is -3.77. The van der Waals surface area contributed by atoms with Crippen LogP contribution < -0.4 is 4.83 Å². The van der Waals surface area contributed by atoms with Crippen LogP contribution in [0, 0.1) is 16.0 Å². The monoisotopic (exact) mass is 285 g/mol. The number of benzene rings is 1. The van der Waals surface area contributed by atoms with Crippen molar-refractivity contribution in [2.75, 3.05) is 0 Å². The highest BCUT2D eigenvalue weighted by molar-refractivity contribution is 7.89. The number of sulfonamides is 1. The molecule has 0 fully saturated rings. The van der Waals surface area contributed by atoms with E-state index in [-0.39, 0.29) is 10.6 Å². The van der Waals surface area contributed by atoms with Gasteiger partial charge in [0.1, 0.15) is 0 Å². The predicted octanol–water partition coefficient (Wildman–Crippen LogP) is 1.91. The first-order valence-corrected chi connectivity index (χ1v) is 7.09. The Kier molecular flexibility index (Phi) is 4.99. The van der Waals surface area contributed by atoms with Gasteiger partial charge in [0, 0.05) is 18.3 Å². The lowest BCUT2D eigenvalue weighted by Crippen LogP contribution is -2.18. The van der Waals surface area contributed by atoms with Crippen molar-refractivity contribution in [2.45, 2.75) is 25.2 Å². The zero-order chi connectivity index (χ0) is 14.5. The van der Waals surface area contributed by atoms with E-state index in [1.54, 1.807) is 0 Å². The van der Waals surface area contributed by atoms with E-state index in [0.29, 0.717) is 12.3 Å². The van der Waals surface area contributed by atoms with Gasteiger partial charge in [0.2, 0.25) is 0 Å². The first kappa shape index (κ1) is 15.1. The van der Waals surface area contributed by atoms with Crippen LogP contribution >= 0.6 is 0 Å². The van der Waals surface area contributed by atoms with Gasteiger partial charge in [0.15, 0.2) is 0 Å². The zero-order valence-corrected chi connectivity index (χ0v) is 11.4. The number of nitrogens with one attached hydrogen (secondary N) is 1. The second-order valence-electron chi connectivity index (χ2n) is 4.29. The maximum absolute atomic E-state index is 11.8. The minimum Gasteiger partial charge on any atom is -0.258 e. The van der Waals surface area contributed by atoms with Gasteiger partial charge in [-0.1, -0.05) is 13.8 Å². The first-order chi connectivity index (χ1) is 8.83. The van der Waals surface area contributed by atoms with Crippen LogP contribution in [0.25, 0.3) is 0 Å². The van der Waals surface area contributed by atoms with Gasteiger partial charge in [-0.3, -0.25) is 10.1 Å². The fourth-order valence-electron chi connectivity index (χ4n) is 1.17. The van der Waals surface area contributed by atoms with Crippen molar-refractivity contribution in [3.8, 4) is 0 Å². The Labute approximate surface area is 111 Å². The minimum absolute atomic E-state index is 0.0696.